The van der Waals surface area contributed by atoms with Gasteiger partial charge in [-0.2, -0.15) is 0 Å². The molecule has 2 N–H and O–H groups in total. The van der Waals surface area contributed by atoms with Crippen LogP contribution in [0, 0.1) is 0 Å². The maximum Gasteiger partial charge on any atom is 0.338 e. The number of hydrogen-bond donors (Lipinski definition) is 2. The third-order valence-corrected chi connectivity index (χ3v) is 6.09. The van der Waals surface area contributed by atoms with E-state index in [1.807, 2.05) is 97.1 Å². The summed E-state index contributed by atoms with van der Waals surface area (Å²) in [6.07, 6.45) is 1.09. The van der Waals surface area contributed by atoms with E-state index < -0.39 is 12.0 Å². The van der Waals surface area contributed by atoms with Crippen LogP contribution in [0.1, 0.15) is 27.0 Å². The topological polar surface area (TPSA) is 67.4 Å². The lowest BCUT2D eigenvalue weighted by atomic mass is 10.0. The molecule has 0 heterocycles. The average Bonchev–Trinajstić information content (AvgIpc) is 2.96. The van der Waals surface area contributed by atoms with Crippen molar-refractivity contribution in [3.05, 3.63) is 144 Å². The van der Waals surface area contributed by atoms with Crippen LogP contribution >= 0.6 is 0 Å². The predicted octanol–water partition coefficient (Wildman–Crippen LogP) is 4.97. The van der Waals surface area contributed by atoms with Crippen LogP contribution < -0.4 is 10.6 Å². The van der Waals surface area contributed by atoms with E-state index in [1.54, 1.807) is 24.3 Å². The number of nitrogens with one attached hydrogen (secondary N) is 2. The normalized spacial score (nSPS) is 12.3. The molecule has 188 valence electrons. The van der Waals surface area contributed by atoms with E-state index in [2.05, 4.69) is 10.6 Å². The van der Waals surface area contributed by atoms with Crippen LogP contribution in [0.5, 0.6) is 0 Å². The van der Waals surface area contributed by atoms with E-state index in [1.165, 1.54) is 0 Å². The monoisotopic (exact) mass is 492 g/mol. The van der Waals surface area contributed by atoms with Gasteiger partial charge in [-0.25, -0.2) is 4.79 Å². The molecule has 0 saturated heterocycles. The number of esters is 1. The number of carbonyl (C=O) groups is 2. The van der Waals surface area contributed by atoms with E-state index in [9.17, 15) is 9.59 Å². The first kappa shape index (κ1) is 25.9. The van der Waals surface area contributed by atoms with Gasteiger partial charge in [-0.05, 0) is 41.7 Å². The van der Waals surface area contributed by atoms with Crippen molar-refractivity contribution in [1.29, 1.82) is 0 Å². The van der Waals surface area contributed by atoms with E-state index in [4.69, 9.17) is 4.74 Å². The van der Waals surface area contributed by atoms with Crippen LogP contribution in [0.15, 0.2) is 121 Å². The third kappa shape index (κ3) is 8.44. The smallest absolute Gasteiger partial charge is 0.338 e. The quantitative estimate of drug-likeness (QED) is 0.274. The SMILES string of the molecule is O=C(OC[C@@H](Cc1ccccc1)NC(=O)[C@@H](Cc1ccccc1)NCc1ccccc1)c1ccccc1. The van der Waals surface area contributed by atoms with Crippen molar-refractivity contribution in [2.75, 3.05) is 6.61 Å². The van der Waals surface area contributed by atoms with Crippen LogP contribution in [0.4, 0.5) is 0 Å². The highest BCUT2D eigenvalue weighted by Crippen LogP contribution is 2.09. The molecule has 0 unspecified atom stereocenters. The third-order valence-electron chi connectivity index (χ3n) is 6.09. The van der Waals surface area contributed by atoms with Crippen LogP contribution in [-0.4, -0.2) is 30.6 Å². The molecule has 0 bridgehead atoms. The van der Waals surface area contributed by atoms with Gasteiger partial charge in [0.1, 0.15) is 6.61 Å². The van der Waals surface area contributed by atoms with Crippen LogP contribution in [0.2, 0.25) is 0 Å². The standard InChI is InChI=1S/C32H32N2O3/c35-31(30(22-26-15-7-2-8-16-26)33-23-27-17-9-3-10-18-27)34-29(21-25-13-5-1-6-14-25)24-37-32(36)28-19-11-4-12-20-28/h1-20,29-30,33H,21-24H2,(H,34,35)/t29-,30-/m1/s1. The van der Waals surface area contributed by atoms with E-state index in [-0.39, 0.29) is 18.6 Å². The summed E-state index contributed by atoms with van der Waals surface area (Å²) >= 11 is 0. The zero-order chi connectivity index (χ0) is 25.7. The molecule has 0 radical (unpaired) electrons. The summed E-state index contributed by atoms with van der Waals surface area (Å²) in [7, 11) is 0. The molecule has 2 atom stereocenters. The van der Waals surface area contributed by atoms with Crippen LogP contribution in [0.3, 0.4) is 0 Å². The van der Waals surface area contributed by atoms with Gasteiger partial charge in [0.15, 0.2) is 0 Å². The highest BCUT2D eigenvalue weighted by Gasteiger charge is 2.23. The summed E-state index contributed by atoms with van der Waals surface area (Å²) in [4.78, 5) is 26.1. The lowest BCUT2D eigenvalue weighted by Crippen LogP contribution is -2.50. The predicted molar refractivity (Wildman–Crippen MR) is 146 cm³/mol. The van der Waals surface area contributed by atoms with Crippen LogP contribution in [-0.2, 0) is 28.9 Å². The Balaban J connectivity index is 1.46. The molecule has 0 fully saturated rings. The van der Waals surface area contributed by atoms with Gasteiger partial charge >= 0.3 is 5.97 Å². The molecule has 0 aliphatic rings. The molecule has 0 aromatic heterocycles. The first-order chi connectivity index (χ1) is 18.2. The molecule has 4 rings (SSSR count). The molecule has 0 saturated carbocycles. The Hall–Kier alpha value is -4.22. The van der Waals surface area contributed by atoms with Crippen LogP contribution in [0.25, 0.3) is 0 Å². The molecule has 4 aromatic carbocycles. The molecule has 37 heavy (non-hydrogen) atoms. The van der Waals surface area contributed by atoms with Gasteiger partial charge in [0.2, 0.25) is 5.91 Å². The minimum atomic E-state index is -0.453. The summed E-state index contributed by atoms with van der Waals surface area (Å²) in [5.74, 6) is -0.535. The second-order valence-electron chi connectivity index (χ2n) is 8.97. The van der Waals surface area contributed by atoms with Crippen molar-refractivity contribution in [3.63, 3.8) is 0 Å². The second kappa shape index (κ2) is 13.8. The van der Waals surface area contributed by atoms with Crippen molar-refractivity contribution in [2.45, 2.75) is 31.5 Å². The fourth-order valence-corrected chi connectivity index (χ4v) is 4.13. The second-order valence-corrected chi connectivity index (χ2v) is 8.97. The van der Waals surface area contributed by atoms with Crippen molar-refractivity contribution < 1.29 is 14.3 Å². The fourth-order valence-electron chi connectivity index (χ4n) is 4.13. The summed E-state index contributed by atoms with van der Waals surface area (Å²) in [5.41, 5.74) is 3.71. The first-order valence-electron chi connectivity index (χ1n) is 12.5. The number of amides is 1. The van der Waals surface area contributed by atoms with Gasteiger partial charge in [-0.3, -0.25) is 4.79 Å². The molecule has 1 amide bonds. The van der Waals surface area contributed by atoms with Gasteiger partial charge in [-0.15, -0.1) is 0 Å². The maximum absolute atomic E-state index is 13.6. The largest absolute Gasteiger partial charge is 0.460 e. The zero-order valence-electron chi connectivity index (χ0n) is 20.8. The molecule has 0 aliphatic heterocycles. The van der Waals surface area contributed by atoms with Crippen molar-refractivity contribution in [2.24, 2.45) is 0 Å². The van der Waals surface area contributed by atoms with Crippen molar-refractivity contribution >= 4 is 11.9 Å². The Morgan fingerprint density at radius 3 is 1.68 bits per heavy atom. The minimum Gasteiger partial charge on any atom is -0.460 e. The number of benzene rings is 4. The molecule has 0 aliphatic carbocycles. The Labute approximate surface area is 218 Å². The number of ether oxygens (including phenoxy) is 1. The molecule has 0 spiro atoms. The van der Waals surface area contributed by atoms with Gasteiger partial charge in [-0.1, -0.05) is 109 Å². The first-order valence-corrected chi connectivity index (χ1v) is 12.5. The Morgan fingerprint density at radius 2 is 1.11 bits per heavy atom. The number of carbonyl (C=O) groups excluding carboxylic acids is 2. The van der Waals surface area contributed by atoms with Gasteiger partial charge in [0.25, 0.3) is 0 Å². The highest BCUT2D eigenvalue weighted by molar-refractivity contribution is 5.89. The molecule has 4 aromatic rings. The zero-order valence-corrected chi connectivity index (χ0v) is 20.8. The van der Waals surface area contributed by atoms with Gasteiger partial charge in [0.05, 0.1) is 17.6 Å². The lowest BCUT2D eigenvalue weighted by molar-refractivity contribution is -0.124. The molecule has 5 heteroatoms. The molecular weight excluding hydrogens is 460 g/mol. The van der Waals surface area contributed by atoms with Gasteiger partial charge < -0.3 is 15.4 Å². The number of rotatable bonds is 12. The van der Waals surface area contributed by atoms with Gasteiger partial charge in [0, 0.05) is 6.54 Å². The van der Waals surface area contributed by atoms with Crippen molar-refractivity contribution in [3.8, 4) is 0 Å². The Kier molecular flexibility index (Phi) is 9.62. The summed E-state index contributed by atoms with van der Waals surface area (Å²) in [5, 5.41) is 6.57. The van der Waals surface area contributed by atoms with E-state index in [0.717, 1.165) is 16.7 Å². The van der Waals surface area contributed by atoms with E-state index in [0.29, 0.717) is 24.9 Å². The summed E-state index contributed by atoms with van der Waals surface area (Å²) in [6.45, 7) is 0.642. The highest BCUT2D eigenvalue weighted by atomic mass is 16.5. The fraction of sp³-hybridized carbons (Fsp3) is 0.188. The number of hydrogen-bond acceptors (Lipinski definition) is 4. The summed E-state index contributed by atoms with van der Waals surface area (Å²) < 4.78 is 5.62. The lowest BCUT2D eigenvalue weighted by Gasteiger charge is -2.24. The average molecular weight is 493 g/mol. The molecular formula is C32H32N2O3. The van der Waals surface area contributed by atoms with E-state index >= 15 is 0 Å². The minimum absolute atomic E-state index is 0.0745. The maximum atomic E-state index is 13.6. The molecule has 5 nitrogen and oxygen atoms in total. The Bertz CT molecular complexity index is 1230. The van der Waals surface area contributed by atoms with Crippen molar-refractivity contribution in [1.82, 2.24) is 10.6 Å². The summed E-state index contributed by atoms with van der Waals surface area (Å²) in [6, 6.07) is 37.9. The Morgan fingerprint density at radius 1 is 0.622 bits per heavy atom.